The van der Waals surface area contributed by atoms with Gasteiger partial charge in [-0.1, -0.05) is 33.1 Å². The summed E-state index contributed by atoms with van der Waals surface area (Å²) in [6, 6.07) is 0.802. The highest BCUT2D eigenvalue weighted by Crippen LogP contribution is 2.33. The number of nitrogens with one attached hydrogen (secondary N) is 1. The molecule has 1 N–H and O–H groups in total. The monoisotopic (exact) mass is 237 g/mol. The third-order valence-electron chi connectivity index (χ3n) is 4.70. The number of piperidine rings is 1. The molecule has 4 atom stereocenters. The smallest absolute Gasteiger partial charge is 0.152 e. The molecule has 2 nitrogen and oxygen atoms in total. The fourth-order valence-electron chi connectivity index (χ4n) is 3.64. The number of hydrogen-bond donors (Lipinski definition) is 1. The minimum absolute atomic E-state index is 0.163. The second-order valence-electron chi connectivity index (χ2n) is 6.04. The van der Waals surface area contributed by atoms with Crippen LogP contribution in [0.2, 0.25) is 0 Å². The van der Waals surface area contributed by atoms with Gasteiger partial charge in [0, 0.05) is 12.0 Å². The van der Waals surface area contributed by atoms with Crippen LogP contribution in [0.15, 0.2) is 0 Å². The maximum Gasteiger partial charge on any atom is 0.152 e. The predicted molar refractivity (Wildman–Crippen MR) is 71.0 cm³/mol. The van der Waals surface area contributed by atoms with Gasteiger partial charge in [-0.3, -0.25) is 4.79 Å². The van der Waals surface area contributed by atoms with Gasteiger partial charge in [0.1, 0.15) is 0 Å². The Morgan fingerprint density at radius 2 is 2.00 bits per heavy atom. The SMILES string of the molecule is CCCC(C)C(=O)C1CCC2CCCCC2N1. The Labute approximate surface area is 106 Å². The first-order valence-electron chi connectivity index (χ1n) is 7.52. The summed E-state index contributed by atoms with van der Waals surface area (Å²) in [7, 11) is 0. The highest BCUT2D eigenvalue weighted by Gasteiger charge is 2.35. The van der Waals surface area contributed by atoms with Gasteiger partial charge in [-0.2, -0.15) is 0 Å². The molecule has 1 saturated heterocycles. The first-order chi connectivity index (χ1) is 8.22. The van der Waals surface area contributed by atoms with Crippen molar-refractivity contribution >= 4 is 5.78 Å². The average molecular weight is 237 g/mol. The summed E-state index contributed by atoms with van der Waals surface area (Å²) in [5.74, 6) is 1.57. The molecule has 0 spiro atoms. The Morgan fingerprint density at radius 3 is 2.76 bits per heavy atom. The van der Waals surface area contributed by atoms with Crippen molar-refractivity contribution < 1.29 is 4.79 Å². The van der Waals surface area contributed by atoms with E-state index in [2.05, 4.69) is 19.2 Å². The van der Waals surface area contributed by atoms with Gasteiger partial charge in [-0.05, 0) is 38.0 Å². The molecule has 0 bridgehead atoms. The molecule has 2 fully saturated rings. The molecule has 2 rings (SSSR count). The van der Waals surface area contributed by atoms with Crippen molar-refractivity contribution in [1.29, 1.82) is 0 Å². The molecule has 0 aromatic carbocycles. The van der Waals surface area contributed by atoms with E-state index in [1.807, 2.05) is 0 Å². The van der Waals surface area contributed by atoms with Gasteiger partial charge in [-0.15, -0.1) is 0 Å². The lowest BCUT2D eigenvalue weighted by Gasteiger charge is -2.40. The summed E-state index contributed by atoms with van der Waals surface area (Å²) in [5.41, 5.74) is 0. The number of carbonyl (C=O) groups is 1. The van der Waals surface area contributed by atoms with Gasteiger partial charge in [-0.25, -0.2) is 0 Å². The number of rotatable bonds is 4. The molecular weight excluding hydrogens is 210 g/mol. The maximum atomic E-state index is 12.3. The molecule has 1 heterocycles. The molecule has 98 valence electrons. The van der Waals surface area contributed by atoms with Crippen molar-refractivity contribution in [2.45, 2.75) is 77.3 Å². The second-order valence-corrected chi connectivity index (χ2v) is 6.04. The maximum absolute atomic E-state index is 12.3. The lowest BCUT2D eigenvalue weighted by molar-refractivity contribution is -0.126. The summed E-state index contributed by atoms with van der Waals surface area (Å²) < 4.78 is 0. The van der Waals surface area contributed by atoms with Crippen LogP contribution in [0.25, 0.3) is 0 Å². The van der Waals surface area contributed by atoms with Gasteiger partial charge < -0.3 is 5.32 Å². The van der Waals surface area contributed by atoms with Gasteiger partial charge in [0.25, 0.3) is 0 Å². The fraction of sp³-hybridized carbons (Fsp3) is 0.933. The number of ketones is 1. The minimum atomic E-state index is 0.163. The van der Waals surface area contributed by atoms with E-state index in [1.165, 1.54) is 32.1 Å². The molecule has 4 unspecified atom stereocenters. The van der Waals surface area contributed by atoms with Crippen LogP contribution in [0.1, 0.15) is 65.2 Å². The third kappa shape index (κ3) is 3.09. The summed E-state index contributed by atoms with van der Waals surface area (Å²) in [6.07, 6.45) is 9.92. The van der Waals surface area contributed by atoms with Crippen LogP contribution >= 0.6 is 0 Å². The number of hydrogen-bond acceptors (Lipinski definition) is 2. The van der Waals surface area contributed by atoms with E-state index in [0.717, 1.165) is 25.2 Å². The molecule has 1 aliphatic heterocycles. The number of carbonyl (C=O) groups excluding carboxylic acids is 1. The average Bonchev–Trinajstić information content (AvgIpc) is 2.37. The molecule has 2 aliphatic rings. The zero-order valence-corrected chi connectivity index (χ0v) is 11.4. The topological polar surface area (TPSA) is 29.1 Å². The van der Waals surface area contributed by atoms with Crippen LogP contribution in [0.4, 0.5) is 0 Å². The first kappa shape index (κ1) is 13.1. The predicted octanol–water partition coefficient (Wildman–Crippen LogP) is 3.30. The Morgan fingerprint density at radius 1 is 1.24 bits per heavy atom. The van der Waals surface area contributed by atoms with Gasteiger partial charge in [0.2, 0.25) is 0 Å². The summed E-state index contributed by atoms with van der Waals surface area (Å²) >= 11 is 0. The Hall–Kier alpha value is -0.370. The van der Waals surface area contributed by atoms with E-state index in [0.29, 0.717) is 11.8 Å². The van der Waals surface area contributed by atoms with E-state index < -0.39 is 0 Å². The highest BCUT2D eigenvalue weighted by atomic mass is 16.1. The van der Waals surface area contributed by atoms with Crippen molar-refractivity contribution in [2.75, 3.05) is 0 Å². The molecule has 0 aromatic rings. The van der Waals surface area contributed by atoms with E-state index >= 15 is 0 Å². The molecule has 2 heteroatoms. The third-order valence-corrected chi connectivity index (χ3v) is 4.70. The zero-order chi connectivity index (χ0) is 12.3. The molecular formula is C15H27NO. The van der Waals surface area contributed by atoms with Crippen LogP contribution < -0.4 is 5.32 Å². The van der Waals surface area contributed by atoms with Crippen LogP contribution in [0, 0.1) is 11.8 Å². The Bertz CT molecular complexity index is 264. The van der Waals surface area contributed by atoms with Crippen molar-refractivity contribution in [3.63, 3.8) is 0 Å². The van der Waals surface area contributed by atoms with Gasteiger partial charge in [0.05, 0.1) is 6.04 Å². The van der Waals surface area contributed by atoms with Crippen LogP contribution in [-0.2, 0) is 4.79 Å². The van der Waals surface area contributed by atoms with Crippen molar-refractivity contribution in [2.24, 2.45) is 11.8 Å². The molecule has 0 aromatic heterocycles. The molecule has 1 aliphatic carbocycles. The lowest BCUT2D eigenvalue weighted by Crippen LogP contribution is -2.53. The van der Waals surface area contributed by atoms with E-state index in [1.54, 1.807) is 0 Å². The quantitative estimate of drug-likeness (QED) is 0.813. The van der Waals surface area contributed by atoms with E-state index in [-0.39, 0.29) is 12.0 Å². The van der Waals surface area contributed by atoms with Gasteiger partial charge in [0.15, 0.2) is 5.78 Å². The Kier molecular flexibility index (Phi) is 4.61. The summed E-state index contributed by atoms with van der Waals surface area (Å²) in [6.45, 7) is 4.26. The van der Waals surface area contributed by atoms with Crippen LogP contribution in [-0.4, -0.2) is 17.9 Å². The zero-order valence-electron chi connectivity index (χ0n) is 11.4. The fourth-order valence-corrected chi connectivity index (χ4v) is 3.64. The molecule has 0 radical (unpaired) electrons. The first-order valence-corrected chi connectivity index (χ1v) is 7.52. The number of fused-ring (bicyclic) bond motifs is 1. The molecule has 0 amide bonds. The normalized spacial score (nSPS) is 35.1. The van der Waals surface area contributed by atoms with Crippen molar-refractivity contribution in [3.05, 3.63) is 0 Å². The van der Waals surface area contributed by atoms with E-state index in [9.17, 15) is 4.79 Å². The van der Waals surface area contributed by atoms with Gasteiger partial charge >= 0.3 is 0 Å². The molecule has 1 saturated carbocycles. The standard InChI is InChI=1S/C15H27NO/c1-3-6-11(2)15(17)14-10-9-12-7-4-5-8-13(12)16-14/h11-14,16H,3-10H2,1-2H3. The number of Topliss-reactive ketones (excluding diaryl/α,β-unsaturated/α-hetero) is 1. The second kappa shape index (κ2) is 5.99. The lowest BCUT2D eigenvalue weighted by atomic mass is 9.76. The molecule has 17 heavy (non-hydrogen) atoms. The van der Waals surface area contributed by atoms with Crippen molar-refractivity contribution in [3.8, 4) is 0 Å². The largest absolute Gasteiger partial charge is 0.304 e. The summed E-state index contributed by atoms with van der Waals surface area (Å²) in [4.78, 5) is 12.3. The van der Waals surface area contributed by atoms with Crippen LogP contribution in [0.5, 0.6) is 0 Å². The van der Waals surface area contributed by atoms with Crippen LogP contribution in [0.3, 0.4) is 0 Å². The summed E-state index contributed by atoms with van der Waals surface area (Å²) in [5, 5.41) is 3.64. The van der Waals surface area contributed by atoms with Crippen molar-refractivity contribution in [1.82, 2.24) is 5.32 Å². The highest BCUT2D eigenvalue weighted by molar-refractivity contribution is 5.86. The minimum Gasteiger partial charge on any atom is -0.304 e. The Balaban J connectivity index is 1.88. The van der Waals surface area contributed by atoms with E-state index in [4.69, 9.17) is 0 Å².